The van der Waals surface area contributed by atoms with E-state index in [0.717, 1.165) is 23.8 Å². The Morgan fingerprint density at radius 3 is 2.37 bits per heavy atom. The molecule has 0 radical (unpaired) electrons. The predicted octanol–water partition coefficient (Wildman–Crippen LogP) is 3.78. The molecule has 6 heteroatoms. The second-order valence-corrected chi connectivity index (χ2v) is 8.27. The van der Waals surface area contributed by atoms with Crippen molar-refractivity contribution in [3.63, 3.8) is 0 Å². The van der Waals surface area contributed by atoms with E-state index in [1.165, 1.54) is 0 Å². The molecule has 146 valence electrons. The third kappa shape index (κ3) is 7.06. The van der Waals surface area contributed by atoms with Gasteiger partial charge in [0, 0.05) is 19.0 Å². The third-order valence-electron chi connectivity index (χ3n) is 4.41. The molecule has 0 saturated heterocycles. The Labute approximate surface area is 162 Å². The molecule has 0 fully saturated rings. The number of aryl methyl sites for hydroxylation is 1. The molecular formula is C21H27NO4S. The zero-order valence-electron chi connectivity index (χ0n) is 16.1. The van der Waals surface area contributed by atoms with Crippen molar-refractivity contribution in [1.29, 1.82) is 0 Å². The summed E-state index contributed by atoms with van der Waals surface area (Å²) in [6.45, 7) is 4.49. The normalized spacial score (nSPS) is 12.4. The van der Waals surface area contributed by atoms with Gasteiger partial charge in [-0.25, -0.2) is 0 Å². The number of carbonyl (C=O) groups excluding carboxylic acids is 1. The van der Waals surface area contributed by atoms with E-state index in [1.807, 2.05) is 55.1 Å². The lowest BCUT2D eigenvalue weighted by Crippen LogP contribution is -2.37. The topological polar surface area (TPSA) is 63.7 Å². The van der Waals surface area contributed by atoms with Gasteiger partial charge in [0.1, 0.15) is 5.75 Å². The van der Waals surface area contributed by atoms with Crippen molar-refractivity contribution in [1.82, 2.24) is 4.90 Å². The third-order valence-corrected chi connectivity index (χ3v) is 4.91. The Morgan fingerprint density at radius 1 is 1.07 bits per heavy atom. The maximum absolute atomic E-state index is 12.8. The molecule has 1 atom stereocenters. The number of rotatable bonds is 9. The van der Waals surface area contributed by atoms with Gasteiger partial charge in [0.15, 0.2) is 0 Å². The van der Waals surface area contributed by atoms with E-state index in [9.17, 15) is 13.2 Å². The van der Waals surface area contributed by atoms with E-state index in [2.05, 4.69) is 0 Å². The fourth-order valence-corrected chi connectivity index (χ4v) is 3.27. The first-order chi connectivity index (χ1) is 12.8. The second-order valence-electron chi connectivity index (χ2n) is 6.70. The lowest BCUT2D eigenvalue weighted by atomic mass is 10.1. The molecule has 1 unspecified atom stereocenters. The fourth-order valence-electron chi connectivity index (χ4n) is 2.82. The van der Waals surface area contributed by atoms with Crippen LogP contribution >= 0.6 is 0 Å². The monoisotopic (exact) mass is 389 g/mol. The average Bonchev–Trinajstić information content (AvgIpc) is 2.63. The summed E-state index contributed by atoms with van der Waals surface area (Å²) in [4.78, 5) is 14.7. The van der Waals surface area contributed by atoms with E-state index in [-0.39, 0.29) is 17.7 Å². The van der Waals surface area contributed by atoms with Crippen molar-refractivity contribution in [2.75, 3.05) is 6.26 Å². The highest BCUT2D eigenvalue weighted by molar-refractivity contribution is 7.86. The molecule has 2 aromatic rings. The van der Waals surface area contributed by atoms with Crippen LogP contribution in [0.3, 0.4) is 0 Å². The van der Waals surface area contributed by atoms with E-state index in [1.54, 1.807) is 18.2 Å². The maximum atomic E-state index is 12.8. The van der Waals surface area contributed by atoms with E-state index < -0.39 is 10.1 Å². The fraction of sp³-hybridized carbons (Fsp3) is 0.381. The van der Waals surface area contributed by atoms with Crippen molar-refractivity contribution in [3.8, 4) is 5.75 Å². The molecule has 0 heterocycles. The molecule has 0 aliphatic heterocycles. The Morgan fingerprint density at radius 2 is 1.74 bits per heavy atom. The quantitative estimate of drug-likeness (QED) is 0.612. The van der Waals surface area contributed by atoms with Gasteiger partial charge < -0.3 is 9.08 Å². The summed E-state index contributed by atoms with van der Waals surface area (Å²) in [5.41, 5.74) is 1.98. The van der Waals surface area contributed by atoms with Crippen LogP contribution in [0.2, 0.25) is 0 Å². The van der Waals surface area contributed by atoms with Gasteiger partial charge in [-0.3, -0.25) is 4.79 Å². The van der Waals surface area contributed by atoms with Crippen molar-refractivity contribution in [3.05, 3.63) is 65.7 Å². The van der Waals surface area contributed by atoms with Gasteiger partial charge in [0.25, 0.3) is 0 Å². The van der Waals surface area contributed by atoms with Crippen LogP contribution in [0.25, 0.3) is 0 Å². The summed E-state index contributed by atoms with van der Waals surface area (Å²) in [7, 11) is -3.58. The van der Waals surface area contributed by atoms with Gasteiger partial charge >= 0.3 is 10.1 Å². The number of hydrogen-bond acceptors (Lipinski definition) is 4. The molecular weight excluding hydrogens is 362 g/mol. The highest BCUT2D eigenvalue weighted by atomic mass is 32.2. The van der Waals surface area contributed by atoms with E-state index in [4.69, 9.17) is 4.18 Å². The van der Waals surface area contributed by atoms with E-state index in [0.29, 0.717) is 19.4 Å². The second kappa shape index (κ2) is 9.55. The Kier molecular flexibility index (Phi) is 7.42. The van der Waals surface area contributed by atoms with Gasteiger partial charge in [0.05, 0.1) is 6.26 Å². The molecule has 0 N–H and O–H groups in total. The zero-order valence-corrected chi connectivity index (χ0v) is 16.9. The Hall–Kier alpha value is -2.34. The minimum Gasteiger partial charge on any atom is -0.383 e. The van der Waals surface area contributed by atoms with Crippen LogP contribution < -0.4 is 4.18 Å². The maximum Gasteiger partial charge on any atom is 0.306 e. The number of carbonyl (C=O) groups is 1. The molecule has 2 aromatic carbocycles. The van der Waals surface area contributed by atoms with Crippen LogP contribution in [0.4, 0.5) is 0 Å². The van der Waals surface area contributed by atoms with Crippen LogP contribution in [0.1, 0.15) is 37.8 Å². The first kappa shape index (κ1) is 21.0. The summed E-state index contributed by atoms with van der Waals surface area (Å²) >= 11 is 0. The summed E-state index contributed by atoms with van der Waals surface area (Å²) in [5.74, 6) is 0.346. The van der Waals surface area contributed by atoms with Gasteiger partial charge in [-0.15, -0.1) is 0 Å². The highest BCUT2D eigenvalue weighted by Crippen LogP contribution is 2.19. The van der Waals surface area contributed by atoms with Crippen LogP contribution in [0.15, 0.2) is 54.6 Å². The number of benzene rings is 2. The first-order valence-electron chi connectivity index (χ1n) is 9.10. The number of amides is 1. The van der Waals surface area contributed by atoms with Crippen molar-refractivity contribution < 1.29 is 17.4 Å². The van der Waals surface area contributed by atoms with Crippen LogP contribution in [0.5, 0.6) is 5.75 Å². The molecule has 5 nitrogen and oxygen atoms in total. The van der Waals surface area contributed by atoms with Crippen molar-refractivity contribution >= 4 is 16.0 Å². The molecule has 1 amide bonds. The zero-order chi connectivity index (χ0) is 19.9. The minimum absolute atomic E-state index is 0.0858. The molecule has 0 saturated carbocycles. The standard InChI is InChI=1S/C21H27NO4S/c1-4-17(2)22(21(23)14-13-18-9-6-5-7-10-18)16-19-11-8-12-20(15-19)26-27(3,24)25/h5-12,15,17H,4,13-14,16H2,1-3H3. The van der Waals surface area contributed by atoms with Crippen LogP contribution in [-0.2, 0) is 27.9 Å². The number of hydrogen-bond donors (Lipinski definition) is 0. The van der Waals surface area contributed by atoms with Gasteiger partial charge in [0.2, 0.25) is 5.91 Å². The predicted molar refractivity (Wildman–Crippen MR) is 107 cm³/mol. The lowest BCUT2D eigenvalue weighted by Gasteiger charge is -2.29. The Bertz CT molecular complexity index is 849. The minimum atomic E-state index is -3.58. The lowest BCUT2D eigenvalue weighted by molar-refractivity contribution is -0.134. The van der Waals surface area contributed by atoms with Crippen molar-refractivity contribution in [2.24, 2.45) is 0 Å². The Balaban J connectivity index is 2.09. The molecule has 0 spiro atoms. The summed E-state index contributed by atoms with van der Waals surface area (Å²) in [6, 6.07) is 16.9. The highest BCUT2D eigenvalue weighted by Gasteiger charge is 2.19. The number of nitrogens with zero attached hydrogens (tertiary/aromatic N) is 1. The largest absolute Gasteiger partial charge is 0.383 e. The summed E-state index contributed by atoms with van der Waals surface area (Å²) in [6.07, 6.45) is 2.99. The smallest absolute Gasteiger partial charge is 0.306 e. The first-order valence-corrected chi connectivity index (χ1v) is 10.9. The summed E-state index contributed by atoms with van der Waals surface area (Å²) in [5, 5.41) is 0. The molecule has 27 heavy (non-hydrogen) atoms. The SMILES string of the molecule is CCC(C)N(Cc1cccc(OS(C)(=O)=O)c1)C(=O)CCc1ccccc1. The molecule has 0 aliphatic rings. The van der Waals surface area contributed by atoms with Crippen LogP contribution in [0, 0.1) is 0 Å². The molecule has 0 bridgehead atoms. The average molecular weight is 390 g/mol. The van der Waals surface area contributed by atoms with Gasteiger partial charge in [-0.05, 0) is 43.0 Å². The van der Waals surface area contributed by atoms with Crippen LogP contribution in [-0.4, -0.2) is 31.5 Å². The molecule has 0 aromatic heterocycles. The van der Waals surface area contributed by atoms with E-state index >= 15 is 0 Å². The van der Waals surface area contributed by atoms with Gasteiger partial charge in [-0.1, -0.05) is 49.4 Å². The summed E-state index contributed by atoms with van der Waals surface area (Å²) < 4.78 is 27.6. The molecule has 0 aliphatic carbocycles. The van der Waals surface area contributed by atoms with Gasteiger partial charge in [-0.2, -0.15) is 8.42 Å². The van der Waals surface area contributed by atoms with Crippen molar-refractivity contribution in [2.45, 2.75) is 45.7 Å². The molecule has 2 rings (SSSR count).